The third-order valence-electron chi connectivity index (χ3n) is 2.51. The van der Waals surface area contributed by atoms with E-state index >= 15 is 0 Å². The highest BCUT2D eigenvalue weighted by atomic mass is 16.3. The molecule has 0 aromatic heterocycles. The Morgan fingerprint density at radius 1 is 0.875 bits per heavy atom. The number of benzene rings is 2. The summed E-state index contributed by atoms with van der Waals surface area (Å²) in [6.07, 6.45) is 0. The van der Waals surface area contributed by atoms with Gasteiger partial charge in [-0.25, -0.2) is 0 Å². The minimum Gasteiger partial charge on any atom is -0.507 e. The summed E-state index contributed by atoms with van der Waals surface area (Å²) >= 11 is 0. The number of phenolic OH excluding ortho intramolecular Hbond substituents is 3. The molecule has 0 unspecified atom stereocenters. The molecule has 0 heterocycles. The first-order chi connectivity index (χ1) is 7.61. The molecule has 0 fully saturated rings. The van der Waals surface area contributed by atoms with Crippen LogP contribution in [0.4, 0.5) is 0 Å². The fourth-order valence-corrected chi connectivity index (χ4v) is 1.66. The topological polar surface area (TPSA) is 60.7 Å². The van der Waals surface area contributed by atoms with Crippen molar-refractivity contribution >= 4 is 0 Å². The van der Waals surface area contributed by atoms with E-state index in [1.54, 1.807) is 31.2 Å². The third kappa shape index (κ3) is 1.56. The first kappa shape index (κ1) is 10.4. The molecule has 0 aliphatic carbocycles. The van der Waals surface area contributed by atoms with E-state index in [4.69, 9.17) is 0 Å². The van der Waals surface area contributed by atoms with Crippen molar-refractivity contribution in [3.8, 4) is 28.4 Å². The van der Waals surface area contributed by atoms with Gasteiger partial charge in [-0.3, -0.25) is 0 Å². The molecule has 2 aromatic carbocycles. The van der Waals surface area contributed by atoms with Crippen molar-refractivity contribution in [2.24, 2.45) is 0 Å². The standard InChI is InChI=1S/C13H12O3/c1-8-7-10(14)11(13(16)12(8)15)9-5-3-2-4-6-9/h2-7,14-16H,1H3. The van der Waals surface area contributed by atoms with Crippen LogP contribution in [-0.4, -0.2) is 15.3 Å². The lowest BCUT2D eigenvalue weighted by atomic mass is 10.0. The number of phenols is 3. The van der Waals surface area contributed by atoms with Crippen molar-refractivity contribution in [3.63, 3.8) is 0 Å². The quantitative estimate of drug-likeness (QED) is 0.507. The van der Waals surface area contributed by atoms with Gasteiger partial charge in [-0.05, 0) is 24.1 Å². The molecule has 3 nitrogen and oxygen atoms in total. The SMILES string of the molecule is Cc1cc(O)c(-c2ccccc2)c(O)c1O. The molecule has 0 radical (unpaired) electrons. The predicted molar refractivity (Wildman–Crippen MR) is 61.6 cm³/mol. The van der Waals surface area contributed by atoms with Gasteiger partial charge in [0, 0.05) is 0 Å². The summed E-state index contributed by atoms with van der Waals surface area (Å²) in [6.45, 7) is 1.61. The van der Waals surface area contributed by atoms with Crippen LogP contribution in [0.1, 0.15) is 5.56 Å². The first-order valence-corrected chi connectivity index (χ1v) is 4.91. The van der Waals surface area contributed by atoms with Gasteiger partial charge in [0.2, 0.25) is 0 Å². The molecular formula is C13H12O3. The molecule has 0 atom stereocenters. The van der Waals surface area contributed by atoms with Crippen molar-refractivity contribution in [3.05, 3.63) is 42.0 Å². The molecule has 82 valence electrons. The minimum atomic E-state index is -0.288. The van der Waals surface area contributed by atoms with Crippen LogP contribution in [0.2, 0.25) is 0 Å². The van der Waals surface area contributed by atoms with Gasteiger partial charge in [0.15, 0.2) is 11.5 Å². The molecule has 2 rings (SSSR count). The molecule has 0 aliphatic rings. The lowest BCUT2D eigenvalue weighted by Crippen LogP contribution is -1.84. The summed E-state index contributed by atoms with van der Waals surface area (Å²) in [5.74, 6) is -0.528. The van der Waals surface area contributed by atoms with Gasteiger partial charge < -0.3 is 15.3 Å². The number of rotatable bonds is 1. The monoisotopic (exact) mass is 216 g/mol. The van der Waals surface area contributed by atoms with Crippen molar-refractivity contribution in [2.75, 3.05) is 0 Å². The van der Waals surface area contributed by atoms with Gasteiger partial charge in [-0.1, -0.05) is 30.3 Å². The number of aromatic hydroxyl groups is 3. The Bertz CT molecular complexity index is 518. The average molecular weight is 216 g/mol. The van der Waals surface area contributed by atoms with Gasteiger partial charge in [0.25, 0.3) is 0 Å². The Hall–Kier alpha value is -2.16. The lowest BCUT2D eigenvalue weighted by Gasteiger charge is -2.10. The Morgan fingerprint density at radius 2 is 1.50 bits per heavy atom. The summed E-state index contributed by atoms with van der Waals surface area (Å²) in [5.41, 5.74) is 1.35. The van der Waals surface area contributed by atoms with E-state index in [0.717, 1.165) is 0 Å². The molecule has 3 N–H and O–H groups in total. The van der Waals surface area contributed by atoms with Gasteiger partial charge in [-0.15, -0.1) is 0 Å². The van der Waals surface area contributed by atoms with E-state index in [-0.39, 0.29) is 22.8 Å². The summed E-state index contributed by atoms with van der Waals surface area (Å²) in [7, 11) is 0. The van der Waals surface area contributed by atoms with Gasteiger partial charge in [0.05, 0.1) is 5.56 Å². The van der Waals surface area contributed by atoms with Crippen LogP contribution in [0.25, 0.3) is 11.1 Å². The van der Waals surface area contributed by atoms with Crippen LogP contribution in [0.3, 0.4) is 0 Å². The summed E-state index contributed by atoms with van der Waals surface area (Å²) < 4.78 is 0. The highest BCUT2D eigenvalue weighted by Crippen LogP contribution is 2.44. The Kier molecular flexibility index (Phi) is 2.44. The van der Waals surface area contributed by atoms with E-state index in [9.17, 15) is 15.3 Å². The summed E-state index contributed by atoms with van der Waals surface area (Å²) in [5, 5.41) is 29.2. The number of aryl methyl sites for hydroxylation is 1. The molecule has 0 spiro atoms. The summed E-state index contributed by atoms with van der Waals surface area (Å²) in [4.78, 5) is 0. The third-order valence-corrected chi connectivity index (χ3v) is 2.51. The average Bonchev–Trinajstić information content (AvgIpc) is 2.28. The van der Waals surface area contributed by atoms with E-state index in [0.29, 0.717) is 11.1 Å². The highest BCUT2D eigenvalue weighted by molar-refractivity contribution is 5.79. The Labute approximate surface area is 93.2 Å². The molecule has 2 aromatic rings. The molecule has 0 aliphatic heterocycles. The summed E-state index contributed by atoms with van der Waals surface area (Å²) in [6, 6.07) is 10.4. The van der Waals surface area contributed by atoms with Crippen molar-refractivity contribution < 1.29 is 15.3 Å². The Morgan fingerprint density at radius 3 is 2.12 bits per heavy atom. The van der Waals surface area contributed by atoms with E-state index in [1.807, 2.05) is 6.07 Å². The smallest absolute Gasteiger partial charge is 0.169 e. The van der Waals surface area contributed by atoms with Crippen molar-refractivity contribution in [1.82, 2.24) is 0 Å². The maximum atomic E-state index is 9.80. The fourth-order valence-electron chi connectivity index (χ4n) is 1.66. The van der Waals surface area contributed by atoms with Gasteiger partial charge in [0.1, 0.15) is 5.75 Å². The Balaban J connectivity index is 2.71. The van der Waals surface area contributed by atoms with E-state index in [2.05, 4.69) is 0 Å². The maximum absolute atomic E-state index is 9.80. The first-order valence-electron chi connectivity index (χ1n) is 4.91. The molecule has 0 bridgehead atoms. The highest BCUT2D eigenvalue weighted by Gasteiger charge is 2.15. The molecule has 0 saturated heterocycles. The van der Waals surface area contributed by atoms with Crippen LogP contribution in [0, 0.1) is 6.92 Å². The van der Waals surface area contributed by atoms with E-state index in [1.165, 1.54) is 6.07 Å². The zero-order chi connectivity index (χ0) is 11.7. The second-order valence-corrected chi connectivity index (χ2v) is 3.65. The largest absolute Gasteiger partial charge is 0.507 e. The van der Waals surface area contributed by atoms with Gasteiger partial charge in [-0.2, -0.15) is 0 Å². The zero-order valence-electron chi connectivity index (χ0n) is 8.81. The number of hydrogen-bond donors (Lipinski definition) is 3. The van der Waals surface area contributed by atoms with Crippen LogP contribution in [-0.2, 0) is 0 Å². The predicted octanol–water partition coefficient (Wildman–Crippen LogP) is 2.78. The minimum absolute atomic E-state index is 0.0426. The number of hydrogen-bond acceptors (Lipinski definition) is 3. The lowest BCUT2D eigenvalue weighted by molar-refractivity contribution is 0.396. The zero-order valence-corrected chi connectivity index (χ0v) is 8.81. The second-order valence-electron chi connectivity index (χ2n) is 3.65. The van der Waals surface area contributed by atoms with Crippen LogP contribution >= 0.6 is 0 Å². The van der Waals surface area contributed by atoms with Crippen molar-refractivity contribution in [2.45, 2.75) is 6.92 Å². The van der Waals surface area contributed by atoms with Crippen LogP contribution in [0.15, 0.2) is 36.4 Å². The molecule has 16 heavy (non-hydrogen) atoms. The molecular weight excluding hydrogens is 204 g/mol. The van der Waals surface area contributed by atoms with Crippen LogP contribution < -0.4 is 0 Å². The maximum Gasteiger partial charge on any atom is 0.169 e. The molecule has 3 heteroatoms. The fraction of sp³-hybridized carbons (Fsp3) is 0.0769. The van der Waals surface area contributed by atoms with Crippen molar-refractivity contribution in [1.29, 1.82) is 0 Å². The van der Waals surface area contributed by atoms with Gasteiger partial charge >= 0.3 is 0 Å². The second kappa shape index (κ2) is 3.77. The normalized spacial score (nSPS) is 10.3. The molecule has 0 amide bonds. The van der Waals surface area contributed by atoms with E-state index < -0.39 is 0 Å². The molecule has 0 saturated carbocycles. The van der Waals surface area contributed by atoms with Crippen LogP contribution in [0.5, 0.6) is 17.2 Å².